The third-order valence-electron chi connectivity index (χ3n) is 5.69. The van der Waals surface area contributed by atoms with Crippen molar-refractivity contribution in [2.75, 3.05) is 13.1 Å². The molecule has 170 valence electrons. The van der Waals surface area contributed by atoms with Gasteiger partial charge in [0.1, 0.15) is 11.3 Å². The number of alkyl halides is 3. The van der Waals surface area contributed by atoms with Gasteiger partial charge in [-0.3, -0.25) is 4.79 Å². The smallest absolute Gasteiger partial charge is 0.339 e. The number of carbonyl (C=O) groups excluding carboxylic acids is 1. The zero-order valence-corrected chi connectivity index (χ0v) is 16.8. The van der Waals surface area contributed by atoms with Crippen LogP contribution in [0.1, 0.15) is 40.2 Å². The first-order valence-electron chi connectivity index (χ1n) is 10.0. The highest BCUT2D eigenvalue weighted by atomic mass is 19.4. The van der Waals surface area contributed by atoms with E-state index in [0.717, 1.165) is 17.8 Å². The fourth-order valence-electron chi connectivity index (χ4n) is 4.16. The van der Waals surface area contributed by atoms with Crippen molar-refractivity contribution >= 4 is 16.8 Å². The zero-order chi connectivity index (χ0) is 23.0. The lowest BCUT2D eigenvalue weighted by Gasteiger charge is -2.32. The summed E-state index contributed by atoms with van der Waals surface area (Å²) in [5.74, 6) is -1.94. The van der Waals surface area contributed by atoms with Crippen molar-refractivity contribution in [2.24, 2.45) is 5.73 Å². The molecule has 32 heavy (non-hydrogen) atoms. The van der Waals surface area contributed by atoms with Gasteiger partial charge in [-0.25, -0.2) is 8.78 Å². The lowest BCUT2D eigenvalue weighted by atomic mass is 9.88. The molecule has 1 aromatic heterocycles. The van der Waals surface area contributed by atoms with Crippen molar-refractivity contribution < 1.29 is 31.6 Å². The van der Waals surface area contributed by atoms with E-state index < -0.39 is 23.6 Å². The zero-order valence-electron chi connectivity index (χ0n) is 16.8. The molecule has 0 atom stereocenters. The van der Waals surface area contributed by atoms with Gasteiger partial charge in [0, 0.05) is 25.0 Å². The van der Waals surface area contributed by atoms with Crippen LogP contribution in [0.4, 0.5) is 22.0 Å². The number of aromatic nitrogens is 1. The van der Waals surface area contributed by atoms with Crippen LogP contribution in [0.15, 0.2) is 42.6 Å². The second-order valence-electron chi connectivity index (χ2n) is 7.67. The molecule has 0 aliphatic carbocycles. The normalized spacial score (nSPS) is 15.4. The Morgan fingerprint density at radius 1 is 1.09 bits per heavy atom. The van der Waals surface area contributed by atoms with Gasteiger partial charge in [0.25, 0.3) is 5.91 Å². The highest BCUT2D eigenvalue weighted by Gasteiger charge is 2.35. The van der Waals surface area contributed by atoms with E-state index in [9.17, 15) is 26.7 Å². The molecule has 1 aliphatic heterocycles. The first-order valence-corrected chi connectivity index (χ1v) is 10.0. The van der Waals surface area contributed by atoms with Gasteiger partial charge in [0.15, 0.2) is 5.82 Å². The highest BCUT2D eigenvalue weighted by molar-refractivity contribution is 6.07. The Kier molecular flexibility index (Phi) is 5.81. The molecule has 4 rings (SSSR count). The summed E-state index contributed by atoms with van der Waals surface area (Å²) in [6.07, 6.45) is -3.26. The van der Waals surface area contributed by atoms with Crippen molar-refractivity contribution in [3.63, 3.8) is 0 Å². The van der Waals surface area contributed by atoms with E-state index in [1.165, 1.54) is 23.1 Å². The molecule has 0 unspecified atom stereocenters. The van der Waals surface area contributed by atoms with E-state index in [-0.39, 0.29) is 47.0 Å². The monoisotopic (exact) mass is 453 g/mol. The van der Waals surface area contributed by atoms with Crippen LogP contribution in [0, 0.1) is 11.6 Å². The summed E-state index contributed by atoms with van der Waals surface area (Å²) >= 11 is 0. The number of nitrogens with two attached hydrogens (primary N) is 1. The fourth-order valence-corrected chi connectivity index (χ4v) is 4.16. The van der Waals surface area contributed by atoms with Gasteiger partial charge < -0.3 is 15.5 Å². The van der Waals surface area contributed by atoms with E-state index in [1.807, 2.05) is 0 Å². The van der Waals surface area contributed by atoms with E-state index in [0.29, 0.717) is 18.4 Å². The third-order valence-corrected chi connectivity index (χ3v) is 5.69. The van der Waals surface area contributed by atoms with E-state index in [4.69, 9.17) is 5.73 Å². The number of halogens is 5. The Morgan fingerprint density at radius 3 is 2.47 bits per heavy atom. The average molecular weight is 453 g/mol. The number of hydrogen-bond donors (Lipinski definition) is 1. The first-order chi connectivity index (χ1) is 15.2. The molecular formula is C22H20F5N3O2. The number of likely N-dealkylation sites (tertiary alicyclic amines) is 1. The Bertz CT molecular complexity index is 1150. The lowest BCUT2D eigenvalue weighted by molar-refractivity contribution is -0.321. The fraction of sp³-hybridized carbons (Fsp3) is 0.318. The van der Waals surface area contributed by atoms with Crippen molar-refractivity contribution in [3.8, 4) is 0 Å². The number of rotatable bonds is 4. The summed E-state index contributed by atoms with van der Waals surface area (Å²) in [5.41, 5.74) is 6.41. The molecule has 3 aromatic rings. The molecule has 10 heteroatoms. The summed E-state index contributed by atoms with van der Waals surface area (Å²) in [7, 11) is 0. The van der Waals surface area contributed by atoms with Crippen LogP contribution in [-0.4, -0.2) is 35.0 Å². The Labute approximate surface area is 180 Å². The van der Waals surface area contributed by atoms with Crippen LogP contribution in [0.2, 0.25) is 0 Å². The van der Waals surface area contributed by atoms with Crippen LogP contribution in [0.25, 0.3) is 10.9 Å². The maximum atomic E-state index is 14.3. The molecule has 2 heterocycles. The van der Waals surface area contributed by atoms with Crippen molar-refractivity contribution in [3.05, 3.63) is 70.9 Å². The minimum atomic E-state index is -5.06. The third kappa shape index (κ3) is 4.27. The minimum Gasteiger partial charge on any atom is -0.339 e. The van der Waals surface area contributed by atoms with Crippen molar-refractivity contribution in [2.45, 2.75) is 31.7 Å². The van der Waals surface area contributed by atoms with Gasteiger partial charge in [-0.05, 0) is 42.0 Å². The number of para-hydroxylation sites is 1. The quantitative estimate of drug-likeness (QED) is 0.598. The van der Waals surface area contributed by atoms with Gasteiger partial charge >= 0.3 is 6.36 Å². The molecule has 0 spiro atoms. The molecule has 1 saturated heterocycles. The van der Waals surface area contributed by atoms with Gasteiger partial charge in [0.2, 0.25) is 0 Å². The Morgan fingerprint density at radius 2 is 1.81 bits per heavy atom. The van der Waals surface area contributed by atoms with Crippen LogP contribution < -0.4 is 10.6 Å². The summed E-state index contributed by atoms with van der Waals surface area (Å²) < 4.78 is 67.0. The second kappa shape index (κ2) is 8.42. The molecule has 0 bridgehead atoms. The van der Waals surface area contributed by atoms with Crippen LogP contribution >= 0.6 is 0 Å². The maximum Gasteiger partial charge on any atom is 0.591 e. The molecule has 1 aliphatic rings. The summed E-state index contributed by atoms with van der Waals surface area (Å²) in [6, 6.07) is 8.38. The maximum absolute atomic E-state index is 14.3. The molecule has 0 radical (unpaired) electrons. The number of piperidine rings is 1. The topological polar surface area (TPSA) is 60.5 Å². The molecule has 2 aromatic carbocycles. The van der Waals surface area contributed by atoms with E-state index in [2.05, 4.69) is 4.84 Å². The number of hydrogen-bond acceptors (Lipinski definition) is 3. The predicted octanol–water partition coefficient (Wildman–Crippen LogP) is 4.35. The highest BCUT2D eigenvalue weighted by Crippen LogP contribution is 2.32. The number of carbonyl (C=O) groups is 1. The number of fused-ring (bicyclic) bond motifs is 1. The Hall–Kier alpha value is -3.14. The summed E-state index contributed by atoms with van der Waals surface area (Å²) in [4.78, 5) is 18.4. The minimum absolute atomic E-state index is 0.0167. The standard InChI is InChI=1S/C22H20F5N3O2/c23-18-5-4-13(11-28)10-16(18)14-6-8-29(9-7-14)21(31)17-12-30(32-22(25,26)27)20-15(17)2-1-3-19(20)24/h1-5,10,12,14H,6-9,11,28H2. The van der Waals surface area contributed by atoms with Gasteiger partial charge in [-0.1, -0.05) is 24.3 Å². The SMILES string of the molecule is NCc1ccc(F)c(C2CCN(C(=O)c3cn(OC(F)(F)F)c4c(F)cccc34)CC2)c1. The van der Waals surface area contributed by atoms with Crippen LogP contribution in [0.3, 0.4) is 0 Å². The number of benzene rings is 2. The van der Waals surface area contributed by atoms with Gasteiger partial charge in [-0.2, -0.15) is 4.73 Å². The van der Waals surface area contributed by atoms with Gasteiger partial charge in [0.05, 0.1) is 11.8 Å². The molecule has 1 amide bonds. The molecule has 0 saturated carbocycles. The van der Waals surface area contributed by atoms with Crippen LogP contribution in [-0.2, 0) is 6.54 Å². The number of amides is 1. The van der Waals surface area contributed by atoms with Crippen molar-refractivity contribution in [1.29, 1.82) is 0 Å². The molecule has 5 nitrogen and oxygen atoms in total. The van der Waals surface area contributed by atoms with Crippen molar-refractivity contribution in [1.82, 2.24) is 9.63 Å². The first kappa shape index (κ1) is 22.1. The predicted molar refractivity (Wildman–Crippen MR) is 107 cm³/mol. The average Bonchev–Trinajstić information content (AvgIpc) is 3.11. The number of nitrogens with zero attached hydrogens (tertiary/aromatic N) is 2. The largest absolute Gasteiger partial charge is 0.591 e. The molecule has 1 fully saturated rings. The Balaban J connectivity index is 1.57. The summed E-state index contributed by atoms with van der Waals surface area (Å²) in [5, 5.41) is 0.0167. The molecular weight excluding hydrogens is 433 g/mol. The van der Waals surface area contributed by atoms with E-state index >= 15 is 0 Å². The lowest BCUT2D eigenvalue weighted by Crippen LogP contribution is -2.38. The second-order valence-corrected chi connectivity index (χ2v) is 7.67. The molecule has 2 N–H and O–H groups in total. The summed E-state index contributed by atoms with van der Waals surface area (Å²) in [6.45, 7) is 0.834. The van der Waals surface area contributed by atoms with Crippen LogP contribution in [0.5, 0.6) is 0 Å². The van der Waals surface area contributed by atoms with Gasteiger partial charge in [-0.15, -0.1) is 13.2 Å². The van der Waals surface area contributed by atoms with E-state index in [1.54, 1.807) is 12.1 Å².